The SMILES string of the molecule is CNS(=O)(=O)c1ccc(NCC(=O)NC(C)C)c(N)c1. The predicted molar refractivity (Wildman–Crippen MR) is 78.9 cm³/mol. The number of benzene rings is 1. The molecule has 20 heavy (non-hydrogen) atoms. The fraction of sp³-hybridized carbons (Fsp3) is 0.417. The van der Waals surface area contributed by atoms with Crippen LogP contribution in [0.5, 0.6) is 0 Å². The first-order valence-corrected chi connectivity index (χ1v) is 7.61. The second-order valence-electron chi connectivity index (χ2n) is 4.53. The van der Waals surface area contributed by atoms with E-state index >= 15 is 0 Å². The third kappa shape index (κ3) is 4.39. The zero-order valence-electron chi connectivity index (χ0n) is 11.7. The number of amides is 1. The van der Waals surface area contributed by atoms with Crippen LogP contribution >= 0.6 is 0 Å². The summed E-state index contributed by atoms with van der Waals surface area (Å²) in [5.74, 6) is -0.161. The highest BCUT2D eigenvalue weighted by atomic mass is 32.2. The Morgan fingerprint density at radius 2 is 2.00 bits per heavy atom. The molecule has 0 saturated heterocycles. The fourth-order valence-electron chi connectivity index (χ4n) is 1.54. The van der Waals surface area contributed by atoms with Gasteiger partial charge in [0.2, 0.25) is 15.9 Å². The van der Waals surface area contributed by atoms with Crippen LogP contribution in [0.1, 0.15) is 13.8 Å². The molecular formula is C12H20N4O3S. The summed E-state index contributed by atoms with van der Waals surface area (Å²) in [4.78, 5) is 11.6. The van der Waals surface area contributed by atoms with Crippen molar-refractivity contribution in [2.75, 3.05) is 24.6 Å². The molecule has 0 aliphatic carbocycles. The van der Waals surface area contributed by atoms with Crippen LogP contribution in [-0.4, -0.2) is 34.0 Å². The van der Waals surface area contributed by atoms with Gasteiger partial charge < -0.3 is 16.4 Å². The highest BCUT2D eigenvalue weighted by Gasteiger charge is 2.13. The third-order valence-corrected chi connectivity index (χ3v) is 3.90. The lowest BCUT2D eigenvalue weighted by Crippen LogP contribution is -2.34. The van der Waals surface area contributed by atoms with E-state index in [1.54, 1.807) is 0 Å². The maximum Gasteiger partial charge on any atom is 0.240 e. The first-order chi connectivity index (χ1) is 9.26. The molecule has 0 aliphatic heterocycles. The fourth-order valence-corrected chi connectivity index (χ4v) is 2.30. The van der Waals surface area contributed by atoms with E-state index < -0.39 is 10.0 Å². The number of carbonyl (C=O) groups is 1. The average molecular weight is 300 g/mol. The monoisotopic (exact) mass is 300 g/mol. The number of hydrogen-bond donors (Lipinski definition) is 4. The van der Waals surface area contributed by atoms with Gasteiger partial charge in [0.05, 0.1) is 22.8 Å². The highest BCUT2D eigenvalue weighted by molar-refractivity contribution is 7.89. The summed E-state index contributed by atoms with van der Waals surface area (Å²) < 4.78 is 25.4. The Hall–Kier alpha value is -1.80. The van der Waals surface area contributed by atoms with Crippen LogP contribution in [0.15, 0.2) is 23.1 Å². The summed E-state index contributed by atoms with van der Waals surface area (Å²) >= 11 is 0. The van der Waals surface area contributed by atoms with Gasteiger partial charge in [-0.1, -0.05) is 0 Å². The quantitative estimate of drug-likeness (QED) is 0.557. The van der Waals surface area contributed by atoms with Crippen LogP contribution in [0, 0.1) is 0 Å². The zero-order chi connectivity index (χ0) is 15.3. The lowest BCUT2D eigenvalue weighted by Gasteiger charge is -2.12. The van der Waals surface area contributed by atoms with Crippen molar-refractivity contribution < 1.29 is 13.2 Å². The molecule has 5 N–H and O–H groups in total. The van der Waals surface area contributed by atoms with Crippen molar-refractivity contribution in [1.82, 2.24) is 10.0 Å². The predicted octanol–water partition coefficient (Wildman–Crippen LogP) is 0.113. The van der Waals surface area contributed by atoms with Crippen molar-refractivity contribution >= 4 is 27.3 Å². The largest absolute Gasteiger partial charge is 0.397 e. The number of hydrogen-bond acceptors (Lipinski definition) is 5. The second kappa shape index (κ2) is 6.58. The Balaban J connectivity index is 2.77. The Kier molecular flexibility index (Phi) is 5.34. The molecule has 1 aromatic carbocycles. The van der Waals surface area contributed by atoms with Gasteiger partial charge in [-0.05, 0) is 39.1 Å². The number of nitrogens with one attached hydrogen (secondary N) is 3. The average Bonchev–Trinajstić information content (AvgIpc) is 2.36. The Labute approximate surface area is 119 Å². The van der Waals surface area contributed by atoms with Crippen LogP contribution in [0.2, 0.25) is 0 Å². The molecule has 1 aromatic rings. The van der Waals surface area contributed by atoms with E-state index in [4.69, 9.17) is 5.73 Å². The van der Waals surface area contributed by atoms with E-state index in [1.165, 1.54) is 25.2 Å². The van der Waals surface area contributed by atoms with Gasteiger partial charge in [-0.2, -0.15) is 0 Å². The zero-order valence-corrected chi connectivity index (χ0v) is 12.5. The van der Waals surface area contributed by atoms with Gasteiger partial charge in [-0.15, -0.1) is 0 Å². The van der Waals surface area contributed by atoms with Gasteiger partial charge in [0, 0.05) is 6.04 Å². The van der Waals surface area contributed by atoms with Crippen molar-refractivity contribution in [3.8, 4) is 0 Å². The van der Waals surface area contributed by atoms with Crippen molar-refractivity contribution in [1.29, 1.82) is 0 Å². The maximum absolute atomic E-state index is 11.6. The molecule has 0 bridgehead atoms. The molecule has 0 fully saturated rings. The minimum Gasteiger partial charge on any atom is -0.397 e. The van der Waals surface area contributed by atoms with Crippen molar-refractivity contribution in [2.24, 2.45) is 0 Å². The van der Waals surface area contributed by atoms with Crippen LogP contribution in [-0.2, 0) is 14.8 Å². The van der Waals surface area contributed by atoms with Gasteiger partial charge in [-0.3, -0.25) is 4.79 Å². The summed E-state index contributed by atoms with van der Waals surface area (Å²) in [5, 5.41) is 5.59. The maximum atomic E-state index is 11.6. The van der Waals surface area contributed by atoms with E-state index in [9.17, 15) is 13.2 Å². The van der Waals surface area contributed by atoms with Crippen molar-refractivity contribution in [2.45, 2.75) is 24.8 Å². The van der Waals surface area contributed by atoms with E-state index in [1.807, 2.05) is 13.8 Å². The normalized spacial score (nSPS) is 11.4. The molecule has 0 aliphatic rings. The molecule has 0 atom stereocenters. The number of nitrogens with two attached hydrogens (primary N) is 1. The van der Waals surface area contributed by atoms with Gasteiger partial charge in [0.1, 0.15) is 0 Å². The van der Waals surface area contributed by atoms with Crippen molar-refractivity contribution in [3.05, 3.63) is 18.2 Å². The number of anilines is 2. The summed E-state index contributed by atoms with van der Waals surface area (Å²) in [5.41, 5.74) is 6.55. The smallest absolute Gasteiger partial charge is 0.240 e. The van der Waals surface area contributed by atoms with Crippen LogP contribution in [0.3, 0.4) is 0 Å². The molecule has 0 saturated carbocycles. The number of carbonyl (C=O) groups excluding carboxylic acids is 1. The Morgan fingerprint density at radius 3 is 2.50 bits per heavy atom. The van der Waals surface area contributed by atoms with Crippen molar-refractivity contribution in [3.63, 3.8) is 0 Å². The second-order valence-corrected chi connectivity index (χ2v) is 6.42. The third-order valence-electron chi connectivity index (χ3n) is 2.49. The van der Waals surface area contributed by atoms with E-state index in [2.05, 4.69) is 15.4 Å². The Morgan fingerprint density at radius 1 is 1.35 bits per heavy atom. The lowest BCUT2D eigenvalue weighted by atomic mass is 10.2. The molecule has 8 heteroatoms. The number of nitrogen functional groups attached to an aromatic ring is 1. The number of rotatable bonds is 6. The molecule has 1 amide bonds. The van der Waals surface area contributed by atoms with Gasteiger partial charge in [0.25, 0.3) is 0 Å². The Bertz CT molecular complexity index is 584. The molecule has 0 aromatic heterocycles. The van der Waals surface area contributed by atoms with E-state index in [-0.39, 0.29) is 29.1 Å². The molecule has 1 rings (SSSR count). The van der Waals surface area contributed by atoms with Crippen LogP contribution in [0.25, 0.3) is 0 Å². The molecule has 7 nitrogen and oxygen atoms in total. The summed E-state index contributed by atoms with van der Waals surface area (Å²) in [6.07, 6.45) is 0. The summed E-state index contributed by atoms with van der Waals surface area (Å²) in [6, 6.07) is 4.35. The minimum atomic E-state index is -3.52. The number of sulfonamides is 1. The van der Waals surface area contributed by atoms with Gasteiger partial charge >= 0.3 is 0 Å². The van der Waals surface area contributed by atoms with Gasteiger partial charge in [-0.25, -0.2) is 13.1 Å². The highest BCUT2D eigenvalue weighted by Crippen LogP contribution is 2.22. The first kappa shape index (κ1) is 16.3. The molecule has 0 spiro atoms. The molecule has 0 unspecified atom stereocenters. The van der Waals surface area contributed by atoms with Gasteiger partial charge in [0.15, 0.2) is 0 Å². The van der Waals surface area contributed by atoms with Crippen LogP contribution < -0.4 is 21.1 Å². The molecule has 0 heterocycles. The molecule has 112 valence electrons. The molecule has 0 radical (unpaired) electrons. The standard InChI is InChI=1S/C12H20N4O3S/c1-8(2)16-12(17)7-15-11-5-4-9(6-10(11)13)20(18,19)14-3/h4-6,8,14-15H,7,13H2,1-3H3,(H,16,17). The first-order valence-electron chi connectivity index (χ1n) is 6.12. The summed E-state index contributed by atoms with van der Waals surface area (Å²) in [6.45, 7) is 3.80. The van der Waals surface area contributed by atoms with Crippen LogP contribution in [0.4, 0.5) is 11.4 Å². The topological polar surface area (TPSA) is 113 Å². The van der Waals surface area contributed by atoms with E-state index in [0.29, 0.717) is 5.69 Å². The van der Waals surface area contributed by atoms with E-state index in [0.717, 1.165) is 0 Å². The molecular weight excluding hydrogens is 280 g/mol. The summed E-state index contributed by atoms with van der Waals surface area (Å²) in [7, 11) is -2.19. The lowest BCUT2D eigenvalue weighted by molar-refractivity contribution is -0.119. The minimum absolute atomic E-state index is 0.0600.